The number of aryl methyl sites for hydroxylation is 1. The minimum Gasteiger partial charge on any atom is -0.383 e. The topological polar surface area (TPSA) is 12.0 Å². The molecule has 1 N–H and O–H groups in total. The third-order valence-corrected chi connectivity index (χ3v) is 3.82. The SMILES string of the molecule is C=CCCCCCNc1c(Br)cc(C)cc1Br. The highest BCUT2D eigenvalue weighted by atomic mass is 79.9. The standard InChI is InChI=1S/C14H19Br2N/c1-3-4-5-6-7-8-17-14-12(15)9-11(2)10-13(14)16/h3,9-10,17H,1,4-8H2,2H3. The predicted molar refractivity (Wildman–Crippen MR) is 83.7 cm³/mol. The van der Waals surface area contributed by atoms with Crippen molar-refractivity contribution in [2.75, 3.05) is 11.9 Å². The number of rotatable bonds is 7. The first-order valence-corrected chi connectivity index (χ1v) is 7.54. The summed E-state index contributed by atoms with van der Waals surface area (Å²) in [5.41, 5.74) is 2.40. The lowest BCUT2D eigenvalue weighted by Gasteiger charge is -2.11. The van der Waals surface area contributed by atoms with Gasteiger partial charge < -0.3 is 5.32 Å². The van der Waals surface area contributed by atoms with Crippen LogP contribution in [0.5, 0.6) is 0 Å². The second-order valence-electron chi connectivity index (χ2n) is 4.17. The van der Waals surface area contributed by atoms with E-state index >= 15 is 0 Å². The van der Waals surface area contributed by atoms with Crippen LogP contribution in [0.3, 0.4) is 0 Å². The van der Waals surface area contributed by atoms with Crippen LogP contribution < -0.4 is 5.32 Å². The summed E-state index contributed by atoms with van der Waals surface area (Å²) in [5.74, 6) is 0. The monoisotopic (exact) mass is 359 g/mol. The van der Waals surface area contributed by atoms with E-state index in [1.807, 2.05) is 6.08 Å². The summed E-state index contributed by atoms with van der Waals surface area (Å²) in [5, 5.41) is 3.47. The van der Waals surface area contributed by atoms with E-state index in [2.05, 4.69) is 62.8 Å². The molecule has 0 radical (unpaired) electrons. The Hall–Kier alpha value is -0.280. The summed E-state index contributed by atoms with van der Waals surface area (Å²) in [7, 11) is 0. The molecule has 1 nitrogen and oxygen atoms in total. The van der Waals surface area contributed by atoms with Crippen LogP contribution in [-0.2, 0) is 0 Å². The largest absolute Gasteiger partial charge is 0.383 e. The van der Waals surface area contributed by atoms with Crippen LogP contribution in [0.1, 0.15) is 31.2 Å². The Morgan fingerprint density at radius 1 is 1.18 bits per heavy atom. The zero-order valence-corrected chi connectivity index (χ0v) is 13.4. The summed E-state index contributed by atoms with van der Waals surface area (Å²) in [6, 6.07) is 4.26. The van der Waals surface area contributed by atoms with E-state index < -0.39 is 0 Å². The zero-order valence-electron chi connectivity index (χ0n) is 10.2. The van der Waals surface area contributed by atoms with Gasteiger partial charge in [-0.2, -0.15) is 0 Å². The van der Waals surface area contributed by atoms with Crippen LogP contribution >= 0.6 is 31.9 Å². The van der Waals surface area contributed by atoms with Crippen LogP contribution in [0.2, 0.25) is 0 Å². The highest BCUT2D eigenvalue weighted by Gasteiger charge is 2.04. The summed E-state index contributed by atoms with van der Waals surface area (Å²) < 4.78 is 2.24. The van der Waals surface area contributed by atoms with E-state index in [9.17, 15) is 0 Å². The molecule has 0 amide bonds. The van der Waals surface area contributed by atoms with Crippen molar-refractivity contribution in [2.24, 2.45) is 0 Å². The third kappa shape index (κ3) is 5.26. The number of nitrogens with one attached hydrogen (secondary N) is 1. The van der Waals surface area contributed by atoms with Crippen molar-refractivity contribution in [1.82, 2.24) is 0 Å². The van der Waals surface area contributed by atoms with Crippen LogP contribution in [0.4, 0.5) is 5.69 Å². The average Bonchev–Trinajstić information content (AvgIpc) is 2.26. The van der Waals surface area contributed by atoms with Gasteiger partial charge in [-0.1, -0.05) is 12.5 Å². The van der Waals surface area contributed by atoms with E-state index in [1.165, 1.54) is 24.8 Å². The van der Waals surface area contributed by atoms with Gasteiger partial charge in [-0.15, -0.1) is 6.58 Å². The molecule has 1 rings (SSSR count). The lowest BCUT2D eigenvalue weighted by Crippen LogP contribution is -2.03. The van der Waals surface area contributed by atoms with Crippen LogP contribution in [-0.4, -0.2) is 6.54 Å². The van der Waals surface area contributed by atoms with Crippen molar-refractivity contribution in [3.63, 3.8) is 0 Å². The van der Waals surface area contributed by atoms with Gasteiger partial charge in [0.25, 0.3) is 0 Å². The predicted octanol–water partition coefficient (Wildman–Crippen LogP) is 5.68. The Labute approximate surface area is 121 Å². The number of benzene rings is 1. The van der Waals surface area contributed by atoms with Gasteiger partial charge in [-0.25, -0.2) is 0 Å². The number of anilines is 1. The molecule has 1 aromatic rings. The van der Waals surface area contributed by atoms with Crippen LogP contribution in [0.15, 0.2) is 33.7 Å². The molecule has 0 bridgehead atoms. The van der Waals surface area contributed by atoms with Crippen molar-refractivity contribution in [3.05, 3.63) is 39.3 Å². The minimum atomic E-state index is 1.01. The lowest BCUT2D eigenvalue weighted by atomic mass is 10.2. The van der Waals surface area contributed by atoms with Gasteiger partial charge >= 0.3 is 0 Å². The fourth-order valence-corrected chi connectivity index (χ4v) is 3.37. The van der Waals surface area contributed by atoms with Gasteiger partial charge in [0.15, 0.2) is 0 Å². The molecular weight excluding hydrogens is 342 g/mol. The van der Waals surface area contributed by atoms with Crippen LogP contribution in [0, 0.1) is 6.92 Å². The first kappa shape index (κ1) is 14.8. The molecule has 0 unspecified atom stereocenters. The smallest absolute Gasteiger partial charge is 0.0629 e. The quantitative estimate of drug-likeness (QED) is 0.487. The fourth-order valence-electron chi connectivity index (χ4n) is 1.67. The number of unbranched alkanes of at least 4 members (excludes halogenated alkanes) is 3. The third-order valence-electron chi connectivity index (χ3n) is 2.57. The molecule has 0 aliphatic carbocycles. The molecular formula is C14H19Br2N. The molecule has 17 heavy (non-hydrogen) atoms. The lowest BCUT2D eigenvalue weighted by molar-refractivity contribution is 0.708. The van der Waals surface area contributed by atoms with Crippen molar-refractivity contribution >= 4 is 37.5 Å². The molecule has 0 spiro atoms. The first-order valence-electron chi connectivity index (χ1n) is 5.95. The molecule has 94 valence electrons. The first-order chi connectivity index (χ1) is 8.15. The number of hydrogen-bond acceptors (Lipinski definition) is 1. The van der Waals surface area contributed by atoms with Gasteiger partial charge in [-0.05, 0) is 75.7 Å². The molecule has 0 atom stereocenters. The molecule has 1 aromatic carbocycles. The Morgan fingerprint density at radius 3 is 2.41 bits per heavy atom. The van der Waals surface area contributed by atoms with E-state index in [1.54, 1.807) is 0 Å². The molecule has 0 aliphatic rings. The Kier molecular flexibility index (Phi) is 6.90. The van der Waals surface area contributed by atoms with Gasteiger partial charge in [0.1, 0.15) is 0 Å². The normalized spacial score (nSPS) is 10.3. The summed E-state index contributed by atoms with van der Waals surface area (Å²) in [6.45, 7) is 6.83. The molecule has 0 saturated carbocycles. The molecule has 0 saturated heterocycles. The van der Waals surface area contributed by atoms with Crippen molar-refractivity contribution in [2.45, 2.75) is 32.6 Å². The molecule has 0 aromatic heterocycles. The van der Waals surface area contributed by atoms with E-state index in [0.717, 1.165) is 27.6 Å². The molecule has 0 aliphatic heterocycles. The average molecular weight is 361 g/mol. The summed E-state index contributed by atoms with van der Waals surface area (Å²) in [6.07, 6.45) is 6.79. The molecule has 0 heterocycles. The van der Waals surface area contributed by atoms with E-state index in [-0.39, 0.29) is 0 Å². The second-order valence-corrected chi connectivity index (χ2v) is 5.88. The summed E-state index contributed by atoms with van der Waals surface area (Å²) >= 11 is 7.17. The highest BCUT2D eigenvalue weighted by Crippen LogP contribution is 2.32. The van der Waals surface area contributed by atoms with Gasteiger partial charge in [0, 0.05) is 15.5 Å². The Morgan fingerprint density at radius 2 is 1.82 bits per heavy atom. The van der Waals surface area contributed by atoms with Gasteiger partial charge in [0.05, 0.1) is 5.69 Å². The summed E-state index contributed by atoms with van der Waals surface area (Å²) in [4.78, 5) is 0. The van der Waals surface area contributed by atoms with Crippen LogP contribution in [0.25, 0.3) is 0 Å². The van der Waals surface area contributed by atoms with Crippen molar-refractivity contribution < 1.29 is 0 Å². The Balaban J connectivity index is 2.39. The van der Waals surface area contributed by atoms with E-state index in [4.69, 9.17) is 0 Å². The second kappa shape index (κ2) is 7.93. The maximum atomic E-state index is 3.73. The van der Waals surface area contributed by atoms with Gasteiger partial charge in [-0.3, -0.25) is 0 Å². The molecule has 3 heteroatoms. The maximum absolute atomic E-state index is 3.73. The number of halogens is 2. The fraction of sp³-hybridized carbons (Fsp3) is 0.429. The number of hydrogen-bond donors (Lipinski definition) is 1. The van der Waals surface area contributed by atoms with Crippen molar-refractivity contribution in [1.29, 1.82) is 0 Å². The number of allylic oxidation sites excluding steroid dienone is 1. The zero-order chi connectivity index (χ0) is 12.7. The minimum absolute atomic E-state index is 1.01. The van der Waals surface area contributed by atoms with Crippen molar-refractivity contribution in [3.8, 4) is 0 Å². The maximum Gasteiger partial charge on any atom is 0.0629 e. The van der Waals surface area contributed by atoms with Gasteiger partial charge in [0.2, 0.25) is 0 Å². The highest BCUT2D eigenvalue weighted by molar-refractivity contribution is 9.11. The Bertz CT molecular complexity index is 351. The van der Waals surface area contributed by atoms with E-state index in [0.29, 0.717) is 0 Å². The molecule has 0 fully saturated rings.